The molecule has 0 radical (unpaired) electrons. The maximum Gasteiger partial charge on any atom is 0.357 e. The number of hydrogen-bond donors (Lipinski definition) is 1. The summed E-state index contributed by atoms with van der Waals surface area (Å²) >= 11 is 11.9. The van der Waals surface area contributed by atoms with Gasteiger partial charge in [-0.25, -0.2) is 14.8 Å². The molecule has 2 heterocycles. The van der Waals surface area contributed by atoms with Crippen molar-refractivity contribution in [3.8, 4) is 0 Å². The molecule has 6 nitrogen and oxygen atoms in total. The first-order valence-electron chi connectivity index (χ1n) is 7.59. The van der Waals surface area contributed by atoms with Gasteiger partial charge in [0, 0.05) is 5.39 Å². The number of nitrogens with zero attached hydrogens (tertiary/aromatic N) is 2. The van der Waals surface area contributed by atoms with E-state index in [1.54, 1.807) is 25.1 Å². The van der Waals surface area contributed by atoms with Gasteiger partial charge in [-0.2, -0.15) is 0 Å². The van der Waals surface area contributed by atoms with Crippen molar-refractivity contribution in [2.45, 2.75) is 6.92 Å². The van der Waals surface area contributed by atoms with E-state index in [0.29, 0.717) is 16.2 Å². The average molecular weight is 390 g/mol. The molecule has 0 saturated heterocycles. The number of carbonyl (C=O) groups is 2. The summed E-state index contributed by atoms with van der Waals surface area (Å²) in [5.41, 5.74) is 1.30. The normalized spacial score (nSPS) is 10.6. The van der Waals surface area contributed by atoms with E-state index < -0.39 is 18.5 Å². The van der Waals surface area contributed by atoms with Crippen LogP contribution in [0.25, 0.3) is 10.9 Å². The van der Waals surface area contributed by atoms with Crippen LogP contribution in [-0.4, -0.2) is 28.5 Å². The number of amides is 1. The smallest absolute Gasteiger partial charge is 0.357 e. The topological polar surface area (TPSA) is 81.2 Å². The van der Waals surface area contributed by atoms with Crippen molar-refractivity contribution in [2.75, 3.05) is 11.9 Å². The van der Waals surface area contributed by atoms with Crippen LogP contribution < -0.4 is 5.32 Å². The summed E-state index contributed by atoms with van der Waals surface area (Å²) in [6.45, 7) is 1.19. The lowest BCUT2D eigenvalue weighted by atomic mass is 10.2. The number of rotatable bonds is 4. The molecule has 3 aromatic rings. The van der Waals surface area contributed by atoms with Crippen LogP contribution in [0.15, 0.2) is 42.5 Å². The number of pyridine rings is 2. The highest BCUT2D eigenvalue weighted by Gasteiger charge is 2.14. The van der Waals surface area contributed by atoms with Gasteiger partial charge in [0.1, 0.15) is 5.69 Å². The minimum Gasteiger partial charge on any atom is -0.451 e. The second kappa shape index (κ2) is 7.68. The van der Waals surface area contributed by atoms with Gasteiger partial charge < -0.3 is 10.1 Å². The van der Waals surface area contributed by atoms with Crippen LogP contribution in [0.5, 0.6) is 0 Å². The zero-order valence-electron chi connectivity index (χ0n) is 13.6. The number of ether oxygens (including phenoxy) is 1. The number of anilines is 1. The Kier molecular flexibility index (Phi) is 5.35. The lowest BCUT2D eigenvalue weighted by molar-refractivity contribution is -0.119. The number of benzene rings is 1. The number of halogens is 2. The second-order valence-electron chi connectivity index (χ2n) is 5.40. The van der Waals surface area contributed by atoms with Crippen molar-refractivity contribution in [3.05, 3.63) is 63.9 Å². The van der Waals surface area contributed by atoms with Crippen molar-refractivity contribution in [3.63, 3.8) is 0 Å². The summed E-state index contributed by atoms with van der Waals surface area (Å²) in [6.07, 6.45) is 0. The monoisotopic (exact) mass is 389 g/mol. The zero-order chi connectivity index (χ0) is 18.7. The average Bonchev–Trinajstić information content (AvgIpc) is 2.63. The SMILES string of the molecule is Cc1nc(NC(=O)COC(=O)c2ccc3ccccc3n2)c(Cl)cc1Cl. The van der Waals surface area contributed by atoms with Crippen molar-refractivity contribution >= 4 is 51.8 Å². The maximum absolute atomic E-state index is 12.1. The molecule has 1 N–H and O–H groups in total. The number of esters is 1. The third-order valence-electron chi connectivity index (χ3n) is 3.50. The minimum absolute atomic E-state index is 0.120. The fraction of sp³-hybridized carbons (Fsp3) is 0.111. The maximum atomic E-state index is 12.1. The highest BCUT2D eigenvalue weighted by molar-refractivity contribution is 6.36. The van der Waals surface area contributed by atoms with Gasteiger partial charge in [-0.05, 0) is 25.1 Å². The number of nitrogens with one attached hydrogen (secondary N) is 1. The van der Waals surface area contributed by atoms with E-state index in [4.69, 9.17) is 27.9 Å². The van der Waals surface area contributed by atoms with Crippen LogP contribution in [0, 0.1) is 6.92 Å². The molecule has 0 unspecified atom stereocenters. The van der Waals surface area contributed by atoms with Crippen molar-refractivity contribution in [1.29, 1.82) is 0 Å². The van der Waals surface area contributed by atoms with Crippen LogP contribution >= 0.6 is 23.2 Å². The van der Waals surface area contributed by atoms with Gasteiger partial charge in [-0.15, -0.1) is 0 Å². The number of aryl methyl sites for hydroxylation is 1. The van der Waals surface area contributed by atoms with Gasteiger partial charge in [-0.3, -0.25) is 4.79 Å². The quantitative estimate of drug-likeness (QED) is 0.680. The molecule has 0 fully saturated rings. The Hall–Kier alpha value is -2.70. The number of hydrogen-bond acceptors (Lipinski definition) is 5. The molecule has 0 aliphatic carbocycles. The number of fused-ring (bicyclic) bond motifs is 1. The third kappa shape index (κ3) is 4.09. The van der Waals surface area contributed by atoms with Crippen LogP contribution in [-0.2, 0) is 9.53 Å². The molecular weight excluding hydrogens is 377 g/mol. The number of aromatic nitrogens is 2. The van der Waals surface area contributed by atoms with Gasteiger partial charge >= 0.3 is 5.97 Å². The Balaban J connectivity index is 1.63. The summed E-state index contributed by atoms with van der Waals surface area (Å²) < 4.78 is 4.99. The van der Waals surface area contributed by atoms with Crippen molar-refractivity contribution in [2.24, 2.45) is 0 Å². The molecule has 0 aliphatic rings. The first-order chi connectivity index (χ1) is 12.4. The lowest BCUT2D eigenvalue weighted by Gasteiger charge is -2.09. The predicted molar refractivity (Wildman–Crippen MR) is 99.6 cm³/mol. The highest BCUT2D eigenvalue weighted by atomic mass is 35.5. The molecule has 2 aromatic heterocycles. The highest BCUT2D eigenvalue weighted by Crippen LogP contribution is 2.25. The van der Waals surface area contributed by atoms with Gasteiger partial charge in [-0.1, -0.05) is 47.5 Å². The molecule has 8 heteroatoms. The van der Waals surface area contributed by atoms with Crippen LogP contribution in [0.3, 0.4) is 0 Å². The van der Waals surface area contributed by atoms with Crippen molar-refractivity contribution < 1.29 is 14.3 Å². The Morgan fingerprint density at radius 2 is 1.85 bits per heavy atom. The Morgan fingerprint density at radius 3 is 2.65 bits per heavy atom. The van der Waals surface area contributed by atoms with E-state index in [1.807, 2.05) is 18.2 Å². The Morgan fingerprint density at radius 1 is 1.08 bits per heavy atom. The molecule has 0 saturated carbocycles. The van der Waals surface area contributed by atoms with E-state index in [9.17, 15) is 9.59 Å². The number of carbonyl (C=O) groups excluding carboxylic acids is 2. The summed E-state index contributed by atoms with van der Waals surface area (Å²) in [4.78, 5) is 32.4. The summed E-state index contributed by atoms with van der Waals surface area (Å²) in [6, 6.07) is 12.2. The summed E-state index contributed by atoms with van der Waals surface area (Å²) in [5, 5.41) is 3.96. The minimum atomic E-state index is -0.697. The van der Waals surface area contributed by atoms with E-state index in [1.165, 1.54) is 6.07 Å². The fourth-order valence-electron chi connectivity index (χ4n) is 2.20. The Labute approximate surface area is 159 Å². The van der Waals surface area contributed by atoms with Gasteiger partial charge in [0.15, 0.2) is 12.4 Å². The zero-order valence-corrected chi connectivity index (χ0v) is 15.1. The standard InChI is InChI=1S/C18H13Cl2N3O3/c1-10-12(19)8-13(20)17(21-10)23-16(24)9-26-18(25)15-7-6-11-4-2-3-5-14(11)22-15/h2-8H,9H2,1H3,(H,21,23,24). The largest absolute Gasteiger partial charge is 0.451 e. The van der Waals surface area contributed by atoms with E-state index in [0.717, 1.165) is 5.39 Å². The Bertz CT molecular complexity index is 1010. The first-order valence-corrected chi connectivity index (χ1v) is 8.35. The summed E-state index contributed by atoms with van der Waals surface area (Å²) in [7, 11) is 0. The first kappa shape index (κ1) is 18.1. The molecule has 0 bridgehead atoms. The van der Waals surface area contributed by atoms with E-state index in [-0.39, 0.29) is 16.5 Å². The molecule has 132 valence electrons. The molecule has 0 spiro atoms. The second-order valence-corrected chi connectivity index (χ2v) is 6.21. The molecule has 1 amide bonds. The van der Waals surface area contributed by atoms with Crippen LogP contribution in [0.4, 0.5) is 5.82 Å². The molecule has 26 heavy (non-hydrogen) atoms. The van der Waals surface area contributed by atoms with Gasteiger partial charge in [0.25, 0.3) is 5.91 Å². The molecule has 0 aliphatic heterocycles. The van der Waals surface area contributed by atoms with E-state index >= 15 is 0 Å². The molecule has 1 aromatic carbocycles. The number of para-hydroxylation sites is 1. The fourth-order valence-corrected chi connectivity index (χ4v) is 2.60. The van der Waals surface area contributed by atoms with Gasteiger partial charge in [0.05, 0.1) is 21.3 Å². The van der Waals surface area contributed by atoms with Crippen molar-refractivity contribution in [1.82, 2.24) is 9.97 Å². The molecular formula is C18H13Cl2N3O3. The van der Waals surface area contributed by atoms with Crippen LogP contribution in [0.1, 0.15) is 16.2 Å². The lowest BCUT2D eigenvalue weighted by Crippen LogP contribution is -2.22. The third-order valence-corrected chi connectivity index (χ3v) is 4.18. The summed E-state index contributed by atoms with van der Waals surface area (Å²) in [5.74, 6) is -1.12. The van der Waals surface area contributed by atoms with Crippen LogP contribution in [0.2, 0.25) is 10.0 Å². The molecule has 0 atom stereocenters. The van der Waals surface area contributed by atoms with Gasteiger partial charge in [0.2, 0.25) is 0 Å². The molecule has 3 rings (SSSR count). The van der Waals surface area contributed by atoms with E-state index in [2.05, 4.69) is 15.3 Å². The predicted octanol–water partition coefficient (Wildman–Crippen LogP) is 4.04.